The molecule has 0 spiro atoms. The van der Waals surface area contributed by atoms with Crippen LogP contribution in [0.15, 0.2) is 28.7 Å². The van der Waals surface area contributed by atoms with Crippen molar-refractivity contribution in [1.29, 1.82) is 0 Å². The van der Waals surface area contributed by atoms with Crippen molar-refractivity contribution in [2.24, 2.45) is 0 Å². The van der Waals surface area contributed by atoms with Crippen LogP contribution < -0.4 is 5.32 Å². The summed E-state index contributed by atoms with van der Waals surface area (Å²) in [6.07, 6.45) is 3.07. The summed E-state index contributed by atoms with van der Waals surface area (Å²) >= 11 is 3.28. The highest BCUT2D eigenvalue weighted by Crippen LogP contribution is 2.16. The van der Waals surface area contributed by atoms with Gasteiger partial charge in [0.2, 0.25) is 0 Å². The Hall–Kier alpha value is -1.89. The molecule has 1 aliphatic heterocycles. The summed E-state index contributed by atoms with van der Waals surface area (Å²) in [7, 11) is 0. The summed E-state index contributed by atoms with van der Waals surface area (Å²) in [4.78, 5) is 37.4. The number of carbonyl (C=O) groups is 3. The monoisotopic (exact) mass is 396 g/mol. The van der Waals surface area contributed by atoms with Crippen molar-refractivity contribution in [2.45, 2.75) is 32.2 Å². The molecular weight excluding hydrogens is 376 g/mol. The van der Waals surface area contributed by atoms with Gasteiger partial charge >= 0.3 is 5.97 Å². The molecule has 1 aromatic rings. The van der Waals surface area contributed by atoms with E-state index in [1.165, 1.54) is 0 Å². The molecule has 24 heavy (non-hydrogen) atoms. The van der Waals surface area contributed by atoms with Crippen LogP contribution in [0.1, 0.15) is 36.5 Å². The van der Waals surface area contributed by atoms with E-state index in [2.05, 4.69) is 21.2 Å². The highest BCUT2D eigenvalue weighted by atomic mass is 79.9. The van der Waals surface area contributed by atoms with Gasteiger partial charge in [-0.3, -0.25) is 14.4 Å². The van der Waals surface area contributed by atoms with E-state index in [1.807, 2.05) is 6.92 Å². The maximum Gasteiger partial charge on any atom is 0.325 e. The summed E-state index contributed by atoms with van der Waals surface area (Å²) in [6.45, 7) is 2.15. The van der Waals surface area contributed by atoms with Crippen molar-refractivity contribution in [2.75, 3.05) is 19.7 Å². The highest BCUT2D eigenvalue weighted by Gasteiger charge is 2.23. The number of esters is 1. The Morgan fingerprint density at radius 3 is 2.83 bits per heavy atom. The van der Waals surface area contributed by atoms with Crippen LogP contribution in [0.5, 0.6) is 0 Å². The summed E-state index contributed by atoms with van der Waals surface area (Å²) in [5, 5.41) is 2.48. The van der Waals surface area contributed by atoms with Gasteiger partial charge in [0.15, 0.2) is 6.61 Å². The molecule has 1 aliphatic rings. The minimum absolute atomic E-state index is 0.182. The predicted molar refractivity (Wildman–Crippen MR) is 92.5 cm³/mol. The van der Waals surface area contributed by atoms with Crippen molar-refractivity contribution < 1.29 is 19.1 Å². The van der Waals surface area contributed by atoms with Gasteiger partial charge in [-0.1, -0.05) is 22.0 Å². The molecule has 130 valence electrons. The third-order valence-electron chi connectivity index (χ3n) is 3.96. The maximum atomic E-state index is 12.1. The normalized spacial score (nSPS) is 17.2. The Bertz CT molecular complexity index is 620. The minimum atomic E-state index is -0.628. The van der Waals surface area contributed by atoms with Crippen molar-refractivity contribution in [3.05, 3.63) is 34.3 Å². The first kappa shape index (κ1) is 18.4. The minimum Gasteiger partial charge on any atom is -0.454 e. The van der Waals surface area contributed by atoms with Gasteiger partial charge in [0.1, 0.15) is 6.54 Å². The number of nitrogens with one attached hydrogen (secondary N) is 1. The Labute approximate surface area is 149 Å². The average molecular weight is 397 g/mol. The fraction of sp³-hybridized carbons (Fsp3) is 0.471. The lowest BCUT2D eigenvalue weighted by atomic mass is 10.0. The van der Waals surface area contributed by atoms with E-state index >= 15 is 0 Å². The van der Waals surface area contributed by atoms with Crippen LogP contribution in [-0.2, 0) is 14.3 Å². The van der Waals surface area contributed by atoms with Crippen molar-refractivity contribution in [3.8, 4) is 0 Å². The van der Waals surface area contributed by atoms with Crippen molar-refractivity contribution >= 4 is 33.7 Å². The molecule has 1 saturated heterocycles. The molecule has 6 nitrogen and oxygen atoms in total. The topological polar surface area (TPSA) is 75.7 Å². The second-order valence-electron chi connectivity index (χ2n) is 5.79. The van der Waals surface area contributed by atoms with Gasteiger partial charge in [0, 0.05) is 22.6 Å². The zero-order chi connectivity index (χ0) is 17.5. The van der Waals surface area contributed by atoms with E-state index in [0.717, 1.165) is 23.7 Å². The molecule has 1 atom stereocenters. The van der Waals surface area contributed by atoms with E-state index in [1.54, 1.807) is 29.2 Å². The molecule has 1 N–H and O–H groups in total. The summed E-state index contributed by atoms with van der Waals surface area (Å²) < 4.78 is 5.74. The van der Waals surface area contributed by atoms with E-state index in [4.69, 9.17) is 4.74 Å². The Morgan fingerprint density at radius 2 is 2.12 bits per heavy atom. The van der Waals surface area contributed by atoms with Gasteiger partial charge in [0.05, 0.1) is 0 Å². The summed E-state index contributed by atoms with van der Waals surface area (Å²) in [6, 6.07) is 7.02. The Balaban J connectivity index is 1.73. The molecule has 1 heterocycles. The number of hydrogen-bond acceptors (Lipinski definition) is 4. The van der Waals surface area contributed by atoms with E-state index in [0.29, 0.717) is 12.1 Å². The second kappa shape index (κ2) is 8.82. The molecule has 0 saturated carbocycles. The number of ether oxygens (including phenoxy) is 1. The smallest absolute Gasteiger partial charge is 0.325 e. The number of halogens is 1. The molecule has 7 heteroatoms. The number of carbonyl (C=O) groups excluding carboxylic acids is 3. The molecule has 2 rings (SSSR count). The van der Waals surface area contributed by atoms with Crippen molar-refractivity contribution in [1.82, 2.24) is 10.2 Å². The van der Waals surface area contributed by atoms with Crippen LogP contribution in [0.3, 0.4) is 0 Å². The fourth-order valence-electron chi connectivity index (χ4n) is 2.63. The van der Waals surface area contributed by atoms with Crippen LogP contribution >= 0.6 is 15.9 Å². The number of amides is 2. The number of piperidine rings is 1. The number of rotatable bonds is 5. The summed E-state index contributed by atoms with van der Waals surface area (Å²) in [5.41, 5.74) is 0.440. The second-order valence-corrected chi connectivity index (χ2v) is 6.70. The van der Waals surface area contributed by atoms with Crippen LogP contribution in [0.2, 0.25) is 0 Å². The van der Waals surface area contributed by atoms with Gasteiger partial charge < -0.3 is 15.0 Å². The Morgan fingerprint density at radius 1 is 1.33 bits per heavy atom. The molecule has 2 amide bonds. The van der Waals surface area contributed by atoms with Crippen LogP contribution in [0.25, 0.3) is 0 Å². The third kappa shape index (κ3) is 5.33. The molecule has 1 fully saturated rings. The first-order valence-electron chi connectivity index (χ1n) is 7.96. The molecule has 0 aliphatic carbocycles. The van der Waals surface area contributed by atoms with E-state index in [-0.39, 0.29) is 31.0 Å². The summed E-state index contributed by atoms with van der Waals surface area (Å²) in [5.74, 6) is -1.19. The van der Waals surface area contributed by atoms with Crippen LogP contribution in [0.4, 0.5) is 0 Å². The number of likely N-dealkylation sites (tertiary alicyclic amines) is 1. The van der Waals surface area contributed by atoms with E-state index < -0.39 is 5.97 Å². The largest absolute Gasteiger partial charge is 0.454 e. The highest BCUT2D eigenvalue weighted by molar-refractivity contribution is 9.10. The van der Waals surface area contributed by atoms with Crippen LogP contribution in [0, 0.1) is 0 Å². The van der Waals surface area contributed by atoms with Gasteiger partial charge in [-0.05, 0) is 44.4 Å². The number of hydrogen-bond donors (Lipinski definition) is 1. The lowest BCUT2D eigenvalue weighted by Crippen LogP contribution is -2.44. The molecule has 0 bridgehead atoms. The number of benzene rings is 1. The third-order valence-corrected chi connectivity index (χ3v) is 4.45. The molecular formula is C17H21BrN2O4. The Kier molecular flexibility index (Phi) is 6.78. The van der Waals surface area contributed by atoms with Crippen LogP contribution in [-0.4, -0.2) is 48.4 Å². The van der Waals surface area contributed by atoms with Crippen molar-refractivity contribution in [3.63, 3.8) is 0 Å². The molecule has 1 aromatic carbocycles. The van der Waals surface area contributed by atoms with Gasteiger partial charge in [0.25, 0.3) is 11.8 Å². The van der Waals surface area contributed by atoms with Gasteiger partial charge in [-0.15, -0.1) is 0 Å². The lowest BCUT2D eigenvalue weighted by Gasteiger charge is -2.33. The fourth-order valence-corrected chi connectivity index (χ4v) is 3.03. The van der Waals surface area contributed by atoms with Gasteiger partial charge in [-0.25, -0.2) is 0 Å². The molecule has 1 unspecified atom stereocenters. The molecule has 0 aromatic heterocycles. The first-order valence-corrected chi connectivity index (χ1v) is 8.75. The first-order chi connectivity index (χ1) is 11.5. The standard InChI is InChI=1S/C17H21BrN2O4/c1-12-5-2-3-8-20(12)15(21)11-24-16(22)10-19-17(23)13-6-4-7-14(18)9-13/h4,6-7,9,12H,2-3,5,8,10-11H2,1H3,(H,19,23). The maximum absolute atomic E-state index is 12.1. The zero-order valence-electron chi connectivity index (χ0n) is 13.6. The average Bonchev–Trinajstić information content (AvgIpc) is 2.58. The van der Waals surface area contributed by atoms with E-state index in [9.17, 15) is 14.4 Å². The lowest BCUT2D eigenvalue weighted by molar-refractivity contribution is -0.152. The SMILES string of the molecule is CC1CCCCN1C(=O)COC(=O)CNC(=O)c1cccc(Br)c1. The molecule has 0 radical (unpaired) electrons. The van der Waals surface area contributed by atoms with Gasteiger partial charge in [-0.2, -0.15) is 0 Å². The number of nitrogens with zero attached hydrogens (tertiary/aromatic N) is 1. The predicted octanol–water partition coefficient (Wildman–Crippen LogP) is 2.12. The zero-order valence-corrected chi connectivity index (χ0v) is 15.2. The quantitative estimate of drug-likeness (QED) is 0.773.